The first-order valence-electron chi connectivity index (χ1n) is 8.17. The summed E-state index contributed by atoms with van der Waals surface area (Å²) in [7, 11) is 3.63. The van der Waals surface area contributed by atoms with Gasteiger partial charge in [0.1, 0.15) is 0 Å². The molecule has 1 aliphatic rings. The molecular formula is C18H29BrIN3O. The summed E-state index contributed by atoms with van der Waals surface area (Å²) < 4.78 is 6.39. The summed E-state index contributed by atoms with van der Waals surface area (Å²) in [6, 6.07) is 8.56. The van der Waals surface area contributed by atoms with Crippen molar-refractivity contribution in [3.05, 3.63) is 34.3 Å². The molecule has 6 heteroatoms. The number of nitrogens with zero attached hydrogens (tertiary/aromatic N) is 2. The highest BCUT2D eigenvalue weighted by Crippen LogP contribution is 2.24. The Bertz CT molecular complexity index is 534. The molecule has 1 unspecified atom stereocenters. The van der Waals surface area contributed by atoms with Crippen LogP contribution in [0.3, 0.4) is 0 Å². The number of rotatable bonds is 5. The number of ether oxygens (including phenoxy) is 1. The predicted octanol–water partition coefficient (Wildman–Crippen LogP) is 3.89. The Balaban J connectivity index is 0.00000288. The van der Waals surface area contributed by atoms with E-state index in [1.165, 1.54) is 12.0 Å². The molecule has 0 aromatic heterocycles. The van der Waals surface area contributed by atoms with Gasteiger partial charge in [-0.2, -0.15) is 0 Å². The normalized spacial score (nSPS) is 18.5. The van der Waals surface area contributed by atoms with Crippen LogP contribution >= 0.6 is 39.9 Å². The molecule has 0 radical (unpaired) electrons. The highest BCUT2D eigenvalue weighted by Gasteiger charge is 2.26. The molecule has 0 spiro atoms. The van der Waals surface area contributed by atoms with Crippen molar-refractivity contribution in [1.82, 2.24) is 10.2 Å². The second-order valence-corrected chi connectivity index (χ2v) is 7.76. The van der Waals surface area contributed by atoms with Gasteiger partial charge >= 0.3 is 0 Å². The van der Waals surface area contributed by atoms with E-state index in [4.69, 9.17) is 4.74 Å². The van der Waals surface area contributed by atoms with Crippen molar-refractivity contribution in [2.24, 2.45) is 10.9 Å². The molecule has 0 bridgehead atoms. The molecule has 0 amide bonds. The Labute approximate surface area is 171 Å². The number of hydrogen-bond donors (Lipinski definition) is 1. The molecule has 1 heterocycles. The maximum Gasteiger partial charge on any atom is 0.193 e. The molecular weight excluding hydrogens is 481 g/mol. The van der Waals surface area contributed by atoms with Crippen LogP contribution in [0.2, 0.25) is 0 Å². The SMILES string of the molecule is CN=C(NCC(C)(C)c1ccc(Br)cc1)N1CCC(COC)C1.I. The molecule has 1 atom stereocenters. The van der Waals surface area contributed by atoms with E-state index in [9.17, 15) is 0 Å². The molecule has 4 nitrogen and oxygen atoms in total. The summed E-state index contributed by atoms with van der Waals surface area (Å²) in [5.41, 5.74) is 1.37. The smallest absolute Gasteiger partial charge is 0.193 e. The van der Waals surface area contributed by atoms with E-state index in [1.54, 1.807) is 7.11 Å². The lowest BCUT2D eigenvalue weighted by Gasteiger charge is -2.29. The van der Waals surface area contributed by atoms with Gasteiger partial charge in [-0.15, -0.1) is 24.0 Å². The van der Waals surface area contributed by atoms with Gasteiger partial charge < -0.3 is 15.0 Å². The number of aliphatic imine (C=N–C) groups is 1. The predicted molar refractivity (Wildman–Crippen MR) is 116 cm³/mol. The van der Waals surface area contributed by atoms with Gasteiger partial charge in [-0.1, -0.05) is 41.9 Å². The second kappa shape index (κ2) is 9.97. The summed E-state index contributed by atoms with van der Waals surface area (Å²) in [6.07, 6.45) is 1.17. The summed E-state index contributed by atoms with van der Waals surface area (Å²) in [6.45, 7) is 8.27. The van der Waals surface area contributed by atoms with Crippen LogP contribution in [0.15, 0.2) is 33.7 Å². The quantitative estimate of drug-likeness (QED) is 0.371. The lowest BCUT2D eigenvalue weighted by molar-refractivity contribution is 0.157. The lowest BCUT2D eigenvalue weighted by Crippen LogP contribution is -2.45. The number of likely N-dealkylation sites (tertiary alicyclic amines) is 1. The number of halogens is 2. The molecule has 136 valence electrons. The Morgan fingerprint density at radius 1 is 1.38 bits per heavy atom. The van der Waals surface area contributed by atoms with Gasteiger partial charge in [0, 0.05) is 49.6 Å². The van der Waals surface area contributed by atoms with Gasteiger partial charge in [-0.3, -0.25) is 4.99 Å². The molecule has 1 fully saturated rings. The zero-order chi connectivity index (χ0) is 16.9. The highest BCUT2D eigenvalue weighted by molar-refractivity contribution is 14.0. The van der Waals surface area contributed by atoms with Crippen LogP contribution in [0, 0.1) is 5.92 Å². The van der Waals surface area contributed by atoms with Gasteiger partial charge in [-0.05, 0) is 24.1 Å². The van der Waals surface area contributed by atoms with Crippen molar-refractivity contribution in [2.75, 3.05) is 40.4 Å². The van der Waals surface area contributed by atoms with Gasteiger partial charge in [0.05, 0.1) is 6.61 Å². The molecule has 1 aromatic carbocycles. The summed E-state index contributed by atoms with van der Waals surface area (Å²) in [4.78, 5) is 6.79. The third-order valence-corrected chi connectivity index (χ3v) is 5.04. The van der Waals surface area contributed by atoms with E-state index in [-0.39, 0.29) is 29.4 Å². The van der Waals surface area contributed by atoms with Crippen LogP contribution in [0.4, 0.5) is 0 Å². The molecule has 1 aromatic rings. The molecule has 0 aliphatic carbocycles. The maximum atomic E-state index is 5.28. The Morgan fingerprint density at radius 2 is 2.04 bits per heavy atom. The minimum atomic E-state index is 0. The largest absolute Gasteiger partial charge is 0.384 e. The number of benzene rings is 1. The molecule has 1 saturated heterocycles. The molecule has 2 rings (SSSR count). The number of hydrogen-bond acceptors (Lipinski definition) is 2. The van der Waals surface area contributed by atoms with Gasteiger partial charge in [0.2, 0.25) is 0 Å². The number of methoxy groups -OCH3 is 1. The van der Waals surface area contributed by atoms with E-state index >= 15 is 0 Å². The van der Waals surface area contributed by atoms with E-state index in [0.717, 1.165) is 36.7 Å². The fourth-order valence-corrected chi connectivity index (χ4v) is 3.30. The van der Waals surface area contributed by atoms with Gasteiger partial charge in [0.15, 0.2) is 5.96 Å². The van der Waals surface area contributed by atoms with Crippen LogP contribution in [-0.2, 0) is 10.2 Å². The Hall–Kier alpha value is -0.340. The minimum Gasteiger partial charge on any atom is -0.384 e. The fraction of sp³-hybridized carbons (Fsp3) is 0.611. The second-order valence-electron chi connectivity index (χ2n) is 6.85. The van der Waals surface area contributed by atoms with Crippen LogP contribution < -0.4 is 5.32 Å². The molecule has 1 aliphatic heterocycles. The number of nitrogens with one attached hydrogen (secondary N) is 1. The fourth-order valence-electron chi connectivity index (χ4n) is 3.03. The third-order valence-electron chi connectivity index (χ3n) is 4.51. The van der Waals surface area contributed by atoms with Crippen molar-refractivity contribution in [3.8, 4) is 0 Å². The molecule has 0 saturated carbocycles. The van der Waals surface area contributed by atoms with E-state index < -0.39 is 0 Å². The van der Waals surface area contributed by atoms with Gasteiger partial charge in [-0.25, -0.2) is 0 Å². The third kappa shape index (κ3) is 5.88. The first kappa shape index (κ1) is 21.7. The first-order chi connectivity index (χ1) is 11.0. The van der Waals surface area contributed by atoms with Crippen molar-refractivity contribution in [1.29, 1.82) is 0 Å². The standard InChI is InChI=1S/C18H28BrN3O.HI/c1-18(2,15-5-7-16(19)8-6-15)13-21-17(20-3)22-10-9-14(11-22)12-23-4;/h5-8,14H,9-13H2,1-4H3,(H,20,21);1H. The Kier molecular flexibility index (Phi) is 9.01. The van der Waals surface area contributed by atoms with Crippen molar-refractivity contribution in [3.63, 3.8) is 0 Å². The zero-order valence-corrected chi connectivity index (χ0v) is 18.9. The van der Waals surface area contributed by atoms with Crippen LogP contribution in [0.5, 0.6) is 0 Å². The van der Waals surface area contributed by atoms with Crippen LogP contribution in [0.1, 0.15) is 25.8 Å². The first-order valence-corrected chi connectivity index (χ1v) is 8.96. The number of guanidine groups is 1. The lowest BCUT2D eigenvalue weighted by atomic mass is 9.85. The summed E-state index contributed by atoms with van der Waals surface area (Å²) >= 11 is 3.50. The monoisotopic (exact) mass is 509 g/mol. The summed E-state index contributed by atoms with van der Waals surface area (Å²) in [5, 5.41) is 3.55. The van der Waals surface area contributed by atoms with Crippen LogP contribution in [-0.4, -0.2) is 51.3 Å². The Morgan fingerprint density at radius 3 is 2.62 bits per heavy atom. The van der Waals surface area contributed by atoms with Crippen molar-refractivity contribution >= 4 is 45.9 Å². The summed E-state index contributed by atoms with van der Waals surface area (Å²) in [5.74, 6) is 1.60. The van der Waals surface area contributed by atoms with Crippen molar-refractivity contribution in [2.45, 2.75) is 25.7 Å². The van der Waals surface area contributed by atoms with Crippen LogP contribution in [0.25, 0.3) is 0 Å². The van der Waals surface area contributed by atoms with Gasteiger partial charge in [0.25, 0.3) is 0 Å². The van der Waals surface area contributed by atoms with E-state index in [2.05, 4.69) is 69.3 Å². The van der Waals surface area contributed by atoms with E-state index in [1.807, 2.05) is 7.05 Å². The average Bonchev–Trinajstić information content (AvgIpc) is 2.97. The highest BCUT2D eigenvalue weighted by atomic mass is 127. The molecule has 1 N–H and O–H groups in total. The topological polar surface area (TPSA) is 36.9 Å². The maximum absolute atomic E-state index is 5.28. The van der Waals surface area contributed by atoms with E-state index in [0.29, 0.717) is 5.92 Å². The zero-order valence-electron chi connectivity index (χ0n) is 15.0. The average molecular weight is 510 g/mol. The van der Waals surface area contributed by atoms with Crippen molar-refractivity contribution < 1.29 is 4.74 Å². The molecule has 24 heavy (non-hydrogen) atoms. The minimum absolute atomic E-state index is 0.